The average Bonchev–Trinajstić information content (AvgIpc) is 2.95. The van der Waals surface area contributed by atoms with Gasteiger partial charge in [-0.25, -0.2) is 4.98 Å². The Balaban J connectivity index is 1.65. The number of hydrogen-bond acceptors (Lipinski definition) is 3. The second-order valence-electron chi connectivity index (χ2n) is 6.67. The first kappa shape index (κ1) is 15.4. The normalized spacial score (nSPS) is 16.7. The third-order valence-electron chi connectivity index (χ3n) is 4.88. The molecule has 1 aromatic heterocycles. The van der Waals surface area contributed by atoms with Gasteiger partial charge in [0.15, 0.2) is 0 Å². The number of para-hydroxylation sites is 2. The van der Waals surface area contributed by atoms with E-state index in [0.717, 1.165) is 44.8 Å². The van der Waals surface area contributed by atoms with E-state index in [9.17, 15) is 0 Å². The van der Waals surface area contributed by atoms with Crippen LogP contribution in [0.4, 0.5) is 0 Å². The summed E-state index contributed by atoms with van der Waals surface area (Å²) in [6.45, 7) is 6.31. The molecule has 0 unspecified atom stereocenters. The standard InChI is InChI=1S/C20H24N4/c1-22-11-13-23(14-12-22)16-20-21-18-9-5-6-10-19(18)24(20)15-17-7-3-2-4-8-17/h2-10H,11-16H2,1H3. The SMILES string of the molecule is CN1CCN(Cc2nc3ccccc3n2Cc2ccccc2)CC1. The van der Waals surface area contributed by atoms with Crippen LogP contribution in [0.5, 0.6) is 0 Å². The zero-order valence-corrected chi connectivity index (χ0v) is 14.2. The van der Waals surface area contributed by atoms with E-state index < -0.39 is 0 Å². The minimum Gasteiger partial charge on any atom is -0.322 e. The molecule has 0 bridgehead atoms. The summed E-state index contributed by atoms with van der Waals surface area (Å²) in [5, 5.41) is 0. The molecule has 4 rings (SSSR count). The Kier molecular flexibility index (Phi) is 4.32. The molecule has 0 aliphatic carbocycles. The van der Waals surface area contributed by atoms with Crippen LogP contribution in [-0.4, -0.2) is 52.6 Å². The van der Waals surface area contributed by atoms with Crippen LogP contribution in [0, 0.1) is 0 Å². The van der Waals surface area contributed by atoms with Gasteiger partial charge in [-0.2, -0.15) is 0 Å². The van der Waals surface area contributed by atoms with Crippen LogP contribution in [0.3, 0.4) is 0 Å². The Labute approximate surface area is 143 Å². The van der Waals surface area contributed by atoms with Crippen molar-refractivity contribution in [3.8, 4) is 0 Å². The number of nitrogens with zero attached hydrogens (tertiary/aromatic N) is 4. The van der Waals surface area contributed by atoms with E-state index in [2.05, 4.69) is 76.0 Å². The Morgan fingerprint density at radius 3 is 2.33 bits per heavy atom. The fourth-order valence-corrected chi connectivity index (χ4v) is 3.39. The first-order chi connectivity index (χ1) is 11.8. The van der Waals surface area contributed by atoms with Gasteiger partial charge < -0.3 is 9.47 Å². The van der Waals surface area contributed by atoms with Gasteiger partial charge in [0.2, 0.25) is 0 Å². The largest absolute Gasteiger partial charge is 0.322 e. The summed E-state index contributed by atoms with van der Waals surface area (Å²) in [7, 11) is 2.20. The molecule has 3 aromatic rings. The maximum atomic E-state index is 4.93. The summed E-state index contributed by atoms with van der Waals surface area (Å²) in [6, 6.07) is 19.1. The molecule has 0 spiro atoms. The first-order valence-electron chi connectivity index (χ1n) is 8.68. The fourth-order valence-electron chi connectivity index (χ4n) is 3.39. The molecule has 4 nitrogen and oxygen atoms in total. The summed E-state index contributed by atoms with van der Waals surface area (Å²) in [4.78, 5) is 9.84. The maximum Gasteiger partial charge on any atom is 0.124 e. The average molecular weight is 320 g/mol. The molecule has 2 heterocycles. The molecule has 124 valence electrons. The lowest BCUT2D eigenvalue weighted by Gasteiger charge is -2.32. The number of likely N-dealkylation sites (N-methyl/N-ethyl adjacent to an activating group) is 1. The second-order valence-corrected chi connectivity index (χ2v) is 6.67. The predicted octanol–water partition coefficient (Wildman–Crippen LogP) is 2.83. The molecule has 0 amide bonds. The van der Waals surface area contributed by atoms with E-state index in [-0.39, 0.29) is 0 Å². The monoisotopic (exact) mass is 320 g/mol. The summed E-state index contributed by atoms with van der Waals surface area (Å²) < 4.78 is 2.38. The number of imidazole rings is 1. The molecule has 1 aliphatic heterocycles. The van der Waals surface area contributed by atoms with Crippen LogP contribution in [-0.2, 0) is 13.1 Å². The van der Waals surface area contributed by atoms with Crippen molar-refractivity contribution in [2.45, 2.75) is 13.1 Å². The lowest BCUT2D eigenvalue weighted by molar-refractivity contribution is 0.144. The molecular formula is C20H24N4. The summed E-state index contributed by atoms with van der Waals surface area (Å²) in [5.41, 5.74) is 3.64. The molecule has 24 heavy (non-hydrogen) atoms. The fraction of sp³-hybridized carbons (Fsp3) is 0.350. The second kappa shape index (κ2) is 6.75. The van der Waals surface area contributed by atoms with Crippen LogP contribution >= 0.6 is 0 Å². The lowest BCUT2D eigenvalue weighted by Crippen LogP contribution is -2.44. The number of piperazine rings is 1. The summed E-state index contributed by atoms with van der Waals surface area (Å²) >= 11 is 0. The van der Waals surface area contributed by atoms with Crippen molar-refractivity contribution in [3.63, 3.8) is 0 Å². The molecular weight excluding hydrogens is 296 g/mol. The van der Waals surface area contributed by atoms with Crippen molar-refractivity contribution in [2.75, 3.05) is 33.2 Å². The van der Waals surface area contributed by atoms with Crippen LogP contribution < -0.4 is 0 Å². The Bertz CT molecular complexity index is 801. The van der Waals surface area contributed by atoms with Gasteiger partial charge in [-0.15, -0.1) is 0 Å². The van der Waals surface area contributed by atoms with Gasteiger partial charge in [0, 0.05) is 32.7 Å². The Morgan fingerprint density at radius 1 is 0.833 bits per heavy atom. The summed E-state index contributed by atoms with van der Waals surface area (Å²) in [5.74, 6) is 1.17. The number of fused-ring (bicyclic) bond motifs is 1. The van der Waals surface area contributed by atoms with Gasteiger partial charge in [-0.1, -0.05) is 42.5 Å². The zero-order chi connectivity index (χ0) is 16.4. The third kappa shape index (κ3) is 3.21. The quantitative estimate of drug-likeness (QED) is 0.739. The van der Waals surface area contributed by atoms with Crippen LogP contribution in [0.1, 0.15) is 11.4 Å². The maximum absolute atomic E-state index is 4.93. The highest BCUT2D eigenvalue weighted by atomic mass is 15.3. The number of aromatic nitrogens is 2. The van der Waals surface area contributed by atoms with Gasteiger partial charge in [0.05, 0.1) is 17.6 Å². The van der Waals surface area contributed by atoms with E-state index in [1.165, 1.54) is 16.9 Å². The lowest BCUT2D eigenvalue weighted by atomic mass is 10.2. The highest BCUT2D eigenvalue weighted by Gasteiger charge is 2.18. The molecule has 0 N–H and O–H groups in total. The molecule has 0 saturated carbocycles. The van der Waals surface area contributed by atoms with Crippen molar-refractivity contribution < 1.29 is 0 Å². The smallest absolute Gasteiger partial charge is 0.124 e. The van der Waals surface area contributed by atoms with Crippen LogP contribution in [0.25, 0.3) is 11.0 Å². The molecule has 4 heteroatoms. The highest BCUT2D eigenvalue weighted by molar-refractivity contribution is 5.76. The molecule has 0 radical (unpaired) electrons. The molecule has 1 fully saturated rings. The molecule has 0 atom stereocenters. The molecule has 2 aromatic carbocycles. The van der Waals surface area contributed by atoms with Gasteiger partial charge in [0.25, 0.3) is 0 Å². The Morgan fingerprint density at radius 2 is 1.54 bits per heavy atom. The van der Waals surface area contributed by atoms with E-state index in [0.29, 0.717) is 0 Å². The molecule has 1 aliphatic rings. The van der Waals surface area contributed by atoms with E-state index in [4.69, 9.17) is 4.98 Å². The van der Waals surface area contributed by atoms with Gasteiger partial charge in [0.1, 0.15) is 5.82 Å². The van der Waals surface area contributed by atoms with Crippen molar-refractivity contribution in [1.82, 2.24) is 19.4 Å². The van der Waals surface area contributed by atoms with Crippen LogP contribution in [0.2, 0.25) is 0 Å². The van der Waals surface area contributed by atoms with Crippen molar-refractivity contribution >= 4 is 11.0 Å². The minimum absolute atomic E-state index is 0.879. The van der Waals surface area contributed by atoms with Gasteiger partial charge >= 0.3 is 0 Å². The minimum atomic E-state index is 0.879. The van der Waals surface area contributed by atoms with Crippen molar-refractivity contribution in [2.24, 2.45) is 0 Å². The van der Waals surface area contributed by atoms with E-state index >= 15 is 0 Å². The van der Waals surface area contributed by atoms with E-state index in [1.54, 1.807) is 0 Å². The van der Waals surface area contributed by atoms with Crippen LogP contribution in [0.15, 0.2) is 54.6 Å². The third-order valence-corrected chi connectivity index (χ3v) is 4.88. The van der Waals surface area contributed by atoms with Gasteiger partial charge in [-0.05, 0) is 24.7 Å². The zero-order valence-electron chi connectivity index (χ0n) is 14.2. The summed E-state index contributed by atoms with van der Waals surface area (Å²) in [6.07, 6.45) is 0. The number of benzene rings is 2. The van der Waals surface area contributed by atoms with E-state index in [1.807, 2.05) is 0 Å². The van der Waals surface area contributed by atoms with Gasteiger partial charge in [-0.3, -0.25) is 4.90 Å². The predicted molar refractivity (Wildman–Crippen MR) is 98.1 cm³/mol. The Hall–Kier alpha value is -2.17. The number of hydrogen-bond donors (Lipinski definition) is 0. The highest BCUT2D eigenvalue weighted by Crippen LogP contribution is 2.19. The van der Waals surface area contributed by atoms with Crippen molar-refractivity contribution in [3.05, 3.63) is 66.0 Å². The number of rotatable bonds is 4. The first-order valence-corrected chi connectivity index (χ1v) is 8.68. The topological polar surface area (TPSA) is 24.3 Å². The van der Waals surface area contributed by atoms with Crippen molar-refractivity contribution in [1.29, 1.82) is 0 Å². The molecule has 1 saturated heterocycles.